The molecule has 1 amide bonds. The largest absolute Gasteiger partial charge is 0.481 e. The van der Waals surface area contributed by atoms with Crippen molar-refractivity contribution in [2.75, 3.05) is 11.9 Å². The molecule has 1 fully saturated rings. The summed E-state index contributed by atoms with van der Waals surface area (Å²) in [5.41, 5.74) is 5.75. The second-order valence-corrected chi connectivity index (χ2v) is 5.42. The maximum Gasteiger partial charge on any atom is 0.306 e. The number of carboxylic acid groups (broad SMARTS) is 1. The SMILES string of the molecule is NC(=O)c1cc(F)ccc1NCC1CCCCC1C(=O)O. The summed E-state index contributed by atoms with van der Waals surface area (Å²) in [5, 5.41) is 12.3. The molecule has 2 rings (SSSR count). The van der Waals surface area contributed by atoms with Crippen LogP contribution in [0.15, 0.2) is 18.2 Å². The molecule has 1 aromatic rings. The van der Waals surface area contributed by atoms with Crippen LogP contribution in [-0.4, -0.2) is 23.5 Å². The zero-order valence-electron chi connectivity index (χ0n) is 11.6. The van der Waals surface area contributed by atoms with Gasteiger partial charge in [-0.15, -0.1) is 0 Å². The van der Waals surface area contributed by atoms with E-state index in [0.29, 0.717) is 18.7 Å². The number of aliphatic carboxylic acids is 1. The Morgan fingerprint density at radius 3 is 2.71 bits per heavy atom. The highest BCUT2D eigenvalue weighted by Gasteiger charge is 2.30. The predicted molar refractivity (Wildman–Crippen MR) is 76.5 cm³/mol. The molecule has 0 spiro atoms. The fourth-order valence-corrected chi connectivity index (χ4v) is 2.89. The van der Waals surface area contributed by atoms with Gasteiger partial charge in [-0.2, -0.15) is 0 Å². The summed E-state index contributed by atoms with van der Waals surface area (Å²) in [6, 6.07) is 3.78. The molecule has 2 atom stereocenters. The first-order chi connectivity index (χ1) is 9.99. The first kappa shape index (κ1) is 15.3. The minimum absolute atomic E-state index is 0.00188. The minimum atomic E-state index is -0.782. The Kier molecular flexibility index (Phi) is 4.77. The van der Waals surface area contributed by atoms with Gasteiger partial charge in [0.15, 0.2) is 0 Å². The van der Waals surface area contributed by atoms with E-state index in [1.54, 1.807) is 0 Å². The molecule has 21 heavy (non-hydrogen) atoms. The number of hydrogen-bond acceptors (Lipinski definition) is 3. The Hall–Kier alpha value is -2.11. The zero-order chi connectivity index (χ0) is 15.4. The highest BCUT2D eigenvalue weighted by Crippen LogP contribution is 2.30. The lowest BCUT2D eigenvalue weighted by molar-refractivity contribution is -0.144. The number of benzene rings is 1. The van der Waals surface area contributed by atoms with Crippen molar-refractivity contribution in [2.45, 2.75) is 25.7 Å². The molecular weight excluding hydrogens is 275 g/mol. The second-order valence-electron chi connectivity index (χ2n) is 5.42. The third-order valence-electron chi connectivity index (χ3n) is 4.03. The number of nitrogens with two attached hydrogens (primary N) is 1. The van der Waals surface area contributed by atoms with Crippen LogP contribution < -0.4 is 11.1 Å². The number of carbonyl (C=O) groups is 2. The molecule has 0 saturated heterocycles. The number of rotatable bonds is 5. The van der Waals surface area contributed by atoms with Crippen LogP contribution in [0.5, 0.6) is 0 Å². The highest BCUT2D eigenvalue weighted by atomic mass is 19.1. The molecule has 4 N–H and O–H groups in total. The maximum atomic E-state index is 13.2. The average Bonchev–Trinajstić information content (AvgIpc) is 2.46. The Bertz CT molecular complexity index is 548. The molecule has 1 saturated carbocycles. The molecule has 1 aromatic carbocycles. The van der Waals surface area contributed by atoms with E-state index >= 15 is 0 Å². The van der Waals surface area contributed by atoms with Gasteiger partial charge >= 0.3 is 5.97 Å². The lowest BCUT2D eigenvalue weighted by Gasteiger charge is -2.29. The molecule has 1 aliphatic rings. The lowest BCUT2D eigenvalue weighted by atomic mass is 9.79. The summed E-state index contributed by atoms with van der Waals surface area (Å²) in [6.45, 7) is 0.433. The zero-order valence-corrected chi connectivity index (χ0v) is 11.6. The quantitative estimate of drug-likeness (QED) is 0.776. The topological polar surface area (TPSA) is 92.4 Å². The van der Waals surface area contributed by atoms with Crippen molar-refractivity contribution in [1.29, 1.82) is 0 Å². The summed E-state index contributed by atoms with van der Waals surface area (Å²) in [5.74, 6) is -2.40. The molecule has 0 bridgehead atoms. The lowest BCUT2D eigenvalue weighted by Crippen LogP contribution is -2.32. The number of carbonyl (C=O) groups excluding carboxylic acids is 1. The Balaban J connectivity index is 2.08. The molecule has 0 radical (unpaired) electrons. The van der Waals surface area contributed by atoms with Gasteiger partial charge in [0.25, 0.3) is 5.91 Å². The van der Waals surface area contributed by atoms with Crippen molar-refractivity contribution >= 4 is 17.6 Å². The standard InChI is InChI=1S/C15H19FN2O3/c16-10-5-6-13(12(7-10)14(17)19)18-8-9-3-1-2-4-11(9)15(20)21/h5-7,9,11,18H,1-4,8H2,(H2,17,19)(H,20,21). The van der Waals surface area contributed by atoms with Crippen LogP contribution in [0.3, 0.4) is 0 Å². The van der Waals surface area contributed by atoms with Crippen LogP contribution in [-0.2, 0) is 4.79 Å². The van der Waals surface area contributed by atoms with E-state index in [-0.39, 0.29) is 17.4 Å². The van der Waals surface area contributed by atoms with Gasteiger partial charge < -0.3 is 16.2 Å². The van der Waals surface area contributed by atoms with Crippen LogP contribution in [0.25, 0.3) is 0 Å². The molecule has 0 aromatic heterocycles. The van der Waals surface area contributed by atoms with Gasteiger partial charge in [-0.3, -0.25) is 9.59 Å². The summed E-state index contributed by atoms with van der Waals surface area (Å²) < 4.78 is 13.2. The maximum absolute atomic E-state index is 13.2. The number of nitrogens with one attached hydrogen (secondary N) is 1. The molecule has 1 aliphatic carbocycles. The van der Waals surface area contributed by atoms with Crippen molar-refractivity contribution in [3.05, 3.63) is 29.6 Å². The van der Waals surface area contributed by atoms with Gasteiger partial charge in [0.2, 0.25) is 0 Å². The summed E-state index contributed by atoms with van der Waals surface area (Å²) >= 11 is 0. The minimum Gasteiger partial charge on any atom is -0.481 e. The van der Waals surface area contributed by atoms with E-state index in [2.05, 4.69) is 5.32 Å². The van der Waals surface area contributed by atoms with Crippen molar-refractivity contribution in [1.82, 2.24) is 0 Å². The van der Waals surface area contributed by atoms with Crippen LogP contribution in [0, 0.1) is 17.7 Å². The van der Waals surface area contributed by atoms with E-state index in [1.807, 2.05) is 0 Å². The van der Waals surface area contributed by atoms with Crippen LogP contribution >= 0.6 is 0 Å². The smallest absolute Gasteiger partial charge is 0.306 e. The van der Waals surface area contributed by atoms with Crippen LogP contribution in [0.2, 0.25) is 0 Å². The van der Waals surface area contributed by atoms with Crippen molar-refractivity contribution in [3.8, 4) is 0 Å². The fourth-order valence-electron chi connectivity index (χ4n) is 2.89. The van der Waals surface area contributed by atoms with E-state index in [9.17, 15) is 19.1 Å². The van der Waals surface area contributed by atoms with Crippen molar-refractivity contribution < 1.29 is 19.1 Å². The number of carboxylic acids is 1. The Morgan fingerprint density at radius 2 is 2.05 bits per heavy atom. The summed E-state index contributed by atoms with van der Waals surface area (Å²) in [4.78, 5) is 22.6. The molecule has 5 nitrogen and oxygen atoms in total. The van der Waals surface area contributed by atoms with Gasteiger partial charge in [-0.25, -0.2) is 4.39 Å². The summed E-state index contributed by atoms with van der Waals surface area (Å²) in [6.07, 6.45) is 3.43. The third-order valence-corrected chi connectivity index (χ3v) is 4.03. The van der Waals surface area contributed by atoms with Crippen molar-refractivity contribution in [3.63, 3.8) is 0 Å². The molecule has 2 unspecified atom stereocenters. The number of halogens is 1. The van der Waals surface area contributed by atoms with Crippen molar-refractivity contribution in [2.24, 2.45) is 17.6 Å². The molecule has 0 aliphatic heterocycles. The van der Waals surface area contributed by atoms with Crippen LogP contribution in [0.4, 0.5) is 10.1 Å². The Labute approximate surface area is 122 Å². The molecule has 6 heteroatoms. The monoisotopic (exact) mass is 294 g/mol. The second kappa shape index (κ2) is 6.56. The fraction of sp³-hybridized carbons (Fsp3) is 0.467. The molecule has 114 valence electrons. The van der Waals surface area contributed by atoms with E-state index < -0.39 is 17.7 Å². The number of hydrogen-bond donors (Lipinski definition) is 3. The average molecular weight is 294 g/mol. The summed E-state index contributed by atoms with van der Waals surface area (Å²) in [7, 11) is 0. The van der Waals surface area contributed by atoms with Gasteiger partial charge in [0.05, 0.1) is 11.5 Å². The first-order valence-electron chi connectivity index (χ1n) is 7.05. The van der Waals surface area contributed by atoms with E-state index in [1.165, 1.54) is 12.1 Å². The van der Waals surface area contributed by atoms with E-state index in [0.717, 1.165) is 25.3 Å². The van der Waals surface area contributed by atoms with Crippen LogP contribution in [0.1, 0.15) is 36.0 Å². The van der Waals surface area contributed by atoms with Gasteiger partial charge in [0, 0.05) is 12.2 Å². The third kappa shape index (κ3) is 3.71. The molecule has 0 heterocycles. The molecular formula is C15H19FN2O3. The van der Waals surface area contributed by atoms with E-state index in [4.69, 9.17) is 5.73 Å². The normalized spacial score (nSPS) is 21.8. The predicted octanol–water partition coefficient (Wildman–Crippen LogP) is 2.23. The first-order valence-corrected chi connectivity index (χ1v) is 7.05. The van der Waals surface area contributed by atoms with Gasteiger partial charge in [-0.05, 0) is 37.0 Å². The number of primary amides is 1. The highest BCUT2D eigenvalue weighted by molar-refractivity contribution is 5.98. The van der Waals surface area contributed by atoms with Gasteiger partial charge in [0.1, 0.15) is 5.82 Å². The number of amides is 1. The number of anilines is 1. The van der Waals surface area contributed by atoms with Gasteiger partial charge in [-0.1, -0.05) is 12.8 Å². The Morgan fingerprint density at radius 1 is 1.33 bits per heavy atom.